The lowest BCUT2D eigenvalue weighted by atomic mass is 10.2. The number of hydrogen-bond acceptors (Lipinski definition) is 4. The smallest absolute Gasteiger partial charge is 0.248 e. The molecule has 0 unspecified atom stereocenters. The zero-order valence-electron chi connectivity index (χ0n) is 7.79. The molecule has 0 radical (unpaired) electrons. The van der Waals surface area contributed by atoms with E-state index >= 15 is 0 Å². The van der Waals surface area contributed by atoms with Crippen molar-refractivity contribution in [2.24, 2.45) is 0 Å². The molecule has 0 fully saturated rings. The first-order valence-corrected chi connectivity index (χ1v) is 4.91. The van der Waals surface area contributed by atoms with Crippen LogP contribution in [0, 0.1) is 20.8 Å². The number of aromatic nitrogens is 2. The number of rotatable bonds is 1. The van der Waals surface area contributed by atoms with Crippen molar-refractivity contribution in [2.75, 3.05) is 0 Å². The molecule has 0 N–H and O–H groups in total. The third kappa shape index (κ3) is 1.37. The molecule has 0 saturated carbocycles. The van der Waals surface area contributed by atoms with E-state index in [0.29, 0.717) is 11.8 Å². The molecule has 2 rings (SSSR count). The average molecular weight is 194 g/mol. The van der Waals surface area contributed by atoms with E-state index < -0.39 is 0 Å². The minimum atomic E-state index is 0.609. The van der Waals surface area contributed by atoms with Crippen LogP contribution >= 0.6 is 11.3 Å². The normalized spacial score (nSPS) is 10.7. The minimum absolute atomic E-state index is 0.609. The minimum Gasteiger partial charge on any atom is -0.421 e. The fourth-order valence-corrected chi connectivity index (χ4v) is 1.99. The Hall–Kier alpha value is -1.16. The Kier molecular flexibility index (Phi) is 1.92. The maximum atomic E-state index is 5.35. The van der Waals surface area contributed by atoms with Crippen molar-refractivity contribution in [1.82, 2.24) is 10.2 Å². The highest BCUT2D eigenvalue weighted by molar-refractivity contribution is 7.10. The van der Waals surface area contributed by atoms with Crippen LogP contribution in [0.2, 0.25) is 0 Å². The van der Waals surface area contributed by atoms with Crippen molar-refractivity contribution in [3.63, 3.8) is 0 Å². The van der Waals surface area contributed by atoms with Gasteiger partial charge in [-0.2, -0.15) is 0 Å². The van der Waals surface area contributed by atoms with Crippen LogP contribution in [-0.4, -0.2) is 10.2 Å². The Bertz CT molecular complexity index is 431. The molecule has 13 heavy (non-hydrogen) atoms. The summed E-state index contributed by atoms with van der Waals surface area (Å²) >= 11 is 1.71. The molecule has 2 aromatic rings. The predicted molar refractivity (Wildman–Crippen MR) is 51.8 cm³/mol. The molecule has 0 saturated heterocycles. The van der Waals surface area contributed by atoms with Crippen LogP contribution in [0.1, 0.15) is 16.3 Å². The van der Waals surface area contributed by atoms with Gasteiger partial charge in [-0.1, -0.05) is 0 Å². The van der Waals surface area contributed by atoms with Crippen LogP contribution in [0.4, 0.5) is 0 Å². The topological polar surface area (TPSA) is 38.9 Å². The van der Waals surface area contributed by atoms with Crippen molar-refractivity contribution < 1.29 is 4.42 Å². The average Bonchev–Trinajstić information content (AvgIpc) is 2.62. The Labute approximate surface area is 80.4 Å². The van der Waals surface area contributed by atoms with Gasteiger partial charge in [0.05, 0.1) is 5.56 Å². The molecule has 0 aliphatic heterocycles. The highest BCUT2D eigenvalue weighted by atomic mass is 32.1. The summed E-state index contributed by atoms with van der Waals surface area (Å²) in [5.74, 6) is 1.23. The number of nitrogens with zero attached hydrogens (tertiary/aromatic N) is 2. The lowest BCUT2D eigenvalue weighted by molar-refractivity contribution is 0.532. The molecule has 3 nitrogen and oxygen atoms in total. The van der Waals surface area contributed by atoms with Crippen molar-refractivity contribution in [2.45, 2.75) is 20.8 Å². The summed E-state index contributed by atoms with van der Waals surface area (Å²) in [6, 6.07) is 0. The van der Waals surface area contributed by atoms with Gasteiger partial charge in [-0.3, -0.25) is 0 Å². The standard InChI is InChI=1S/C9H10N2OS/c1-5-6(2)13-4-8(5)9-11-10-7(3)12-9/h4H,1-3H3. The quantitative estimate of drug-likeness (QED) is 0.700. The first-order chi connectivity index (χ1) is 6.18. The molecular weight excluding hydrogens is 184 g/mol. The Morgan fingerprint density at radius 3 is 2.46 bits per heavy atom. The first-order valence-electron chi connectivity index (χ1n) is 4.03. The maximum absolute atomic E-state index is 5.35. The second-order valence-corrected chi connectivity index (χ2v) is 4.04. The summed E-state index contributed by atoms with van der Waals surface area (Å²) in [5.41, 5.74) is 2.29. The van der Waals surface area contributed by atoms with E-state index in [4.69, 9.17) is 4.42 Å². The Morgan fingerprint density at radius 1 is 1.23 bits per heavy atom. The second kappa shape index (κ2) is 2.96. The fraction of sp³-hybridized carbons (Fsp3) is 0.333. The lowest BCUT2D eigenvalue weighted by Gasteiger charge is -1.92. The largest absolute Gasteiger partial charge is 0.421 e. The van der Waals surface area contributed by atoms with E-state index in [1.165, 1.54) is 10.4 Å². The van der Waals surface area contributed by atoms with Crippen LogP contribution in [0.25, 0.3) is 11.5 Å². The monoisotopic (exact) mass is 194 g/mol. The predicted octanol–water partition coefficient (Wildman–Crippen LogP) is 2.72. The molecule has 2 heterocycles. The van der Waals surface area contributed by atoms with E-state index in [1.807, 2.05) is 0 Å². The van der Waals surface area contributed by atoms with Gasteiger partial charge >= 0.3 is 0 Å². The molecule has 0 atom stereocenters. The molecule has 0 amide bonds. The van der Waals surface area contributed by atoms with E-state index in [-0.39, 0.29) is 0 Å². The van der Waals surface area contributed by atoms with Crippen molar-refractivity contribution >= 4 is 11.3 Å². The van der Waals surface area contributed by atoms with E-state index in [9.17, 15) is 0 Å². The highest BCUT2D eigenvalue weighted by Crippen LogP contribution is 2.29. The van der Waals surface area contributed by atoms with Crippen LogP contribution in [-0.2, 0) is 0 Å². The van der Waals surface area contributed by atoms with Gasteiger partial charge in [0.2, 0.25) is 11.8 Å². The van der Waals surface area contributed by atoms with Gasteiger partial charge in [0.15, 0.2) is 0 Å². The van der Waals surface area contributed by atoms with Gasteiger partial charge in [-0.05, 0) is 19.4 Å². The summed E-state index contributed by atoms with van der Waals surface area (Å²) in [6.07, 6.45) is 0. The van der Waals surface area contributed by atoms with Crippen LogP contribution in [0.5, 0.6) is 0 Å². The van der Waals surface area contributed by atoms with Gasteiger partial charge in [0.1, 0.15) is 0 Å². The summed E-state index contributed by atoms with van der Waals surface area (Å²) in [4.78, 5) is 1.30. The van der Waals surface area contributed by atoms with Gasteiger partial charge < -0.3 is 4.42 Å². The van der Waals surface area contributed by atoms with Gasteiger partial charge in [0.25, 0.3) is 0 Å². The molecule has 0 spiro atoms. The van der Waals surface area contributed by atoms with Crippen molar-refractivity contribution in [3.05, 3.63) is 21.7 Å². The van der Waals surface area contributed by atoms with Gasteiger partial charge in [-0.15, -0.1) is 21.5 Å². The Morgan fingerprint density at radius 2 is 2.00 bits per heavy atom. The molecule has 2 aromatic heterocycles. The van der Waals surface area contributed by atoms with Gasteiger partial charge in [0, 0.05) is 17.2 Å². The van der Waals surface area contributed by atoms with Crippen LogP contribution < -0.4 is 0 Å². The molecule has 0 aromatic carbocycles. The van der Waals surface area contributed by atoms with Crippen molar-refractivity contribution in [3.8, 4) is 11.5 Å². The van der Waals surface area contributed by atoms with E-state index in [2.05, 4.69) is 29.4 Å². The zero-order chi connectivity index (χ0) is 9.42. The van der Waals surface area contributed by atoms with Crippen LogP contribution in [0.3, 0.4) is 0 Å². The third-order valence-electron chi connectivity index (χ3n) is 2.04. The second-order valence-electron chi connectivity index (χ2n) is 2.96. The number of aryl methyl sites for hydroxylation is 2. The Balaban J connectivity index is 2.52. The molecule has 68 valence electrons. The summed E-state index contributed by atoms with van der Waals surface area (Å²) in [7, 11) is 0. The van der Waals surface area contributed by atoms with E-state index in [0.717, 1.165) is 5.56 Å². The summed E-state index contributed by atoms with van der Waals surface area (Å²) in [6.45, 7) is 5.96. The third-order valence-corrected chi connectivity index (χ3v) is 3.06. The molecule has 0 bridgehead atoms. The zero-order valence-corrected chi connectivity index (χ0v) is 8.60. The number of hydrogen-bond donors (Lipinski definition) is 0. The van der Waals surface area contributed by atoms with E-state index in [1.54, 1.807) is 18.3 Å². The van der Waals surface area contributed by atoms with Gasteiger partial charge in [-0.25, -0.2) is 0 Å². The SMILES string of the molecule is Cc1nnc(-c2csc(C)c2C)o1. The molecule has 0 aliphatic rings. The van der Waals surface area contributed by atoms with Crippen LogP contribution in [0.15, 0.2) is 9.80 Å². The molecule has 0 aliphatic carbocycles. The summed E-state index contributed by atoms with van der Waals surface area (Å²) in [5, 5.41) is 9.83. The molecular formula is C9H10N2OS. The highest BCUT2D eigenvalue weighted by Gasteiger charge is 2.11. The maximum Gasteiger partial charge on any atom is 0.248 e. The molecule has 4 heteroatoms. The summed E-state index contributed by atoms with van der Waals surface area (Å²) < 4.78 is 5.35. The lowest BCUT2D eigenvalue weighted by Crippen LogP contribution is -1.78. The first kappa shape index (κ1) is 8.44. The number of thiophene rings is 1. The van der Waals surface area contributed by atoms with Crippen molar-refractivity contribution in [1.29, 1.82) is 0 Å². The fourth-order valence-electron chi connectivity index (χ4n) is 1.13.